The van der Waals surface area contributed by atoms with Crippen molar-refractivity contribution < 1.29 is 37.9 Å². The van der Waals surface area contributed by atoms with Gasteiger partial charge in [-0.15, -0.1) is 0 Å². The molecule has 0 radical (unpaired) electrons. The van der Waals surface area contributed by atoms with Crippen molar-refractivity contribution in [3.63, 3.8) is 0 Å². The summed E-state index contributed by atoms with van der Waals surface area (Å²) in [5, 5.41) is 25.5. The van der Waals surface area contributed by atoms with Crippen LogP contribution in [0.4, 0.5) is 5.69 Å². The van der Waals surface area contributed by atoms with E-state index in [2.05, 4.69) is 4.90 Å². The molecule has 2 N–H and O–H groups in total. The number of sulfonamides is 1. The molecule has 3 rings (SSSR count). The van der Waals surface area contributed by atoms with Gasteiger partial charge in [0.25, 0.3) is 5.69 Å². The Morgan fingerprint density at radius 2 is 1.48 bits per heavy atom. The first-order chi connectivity index (χ1) is 15.5. The first-order valence-corrected chi connectivity index (χ1v) is 11.0. The van der Waals surface area contributed by atoms with E-state index in [1.165, 1.54) is 28.6 Å². The second-order valence-corrected chi connectivity index (χ2v) is 8.83. The molecule has 0 bridgehead atoms. The van der Waals surface area contributed by atoms with E-state index in [1.807, 2.05) is 24.3 Å². The van der Waals surface area contributed by atoms with Crippen LogP contribution in [0, 0.1) is 10.1 Å². The van der Waals surface area contributed by atoms with Gasteiger partial charge in [0.15, 0.2) is 0 Å². The summed E-state index contributed by atoms with van der Waals surface area (Å²) in [5.74, 6) is -2.84. The summed E-state index contributed by atoms with van der Waals surface area (Å²) in [6, 6.07) is 12.8. The Kier molecular flexibility index (Phi) is 8.85. The summed E-state index contributed by atoms with van der Waals surface area (Å²) in [5.41, 5.74) is 1.01. The van der Waals surface area contributed by atoms with Crippen molar-refractivity contribution in [2.24, 2.45) is 0 Å². The highest BCUT2D eigenvalue weighted by molar-refractivity contribution is 7.89. The normalized spacial score (nSPS) is 14.6. The van der Waals surface area contributed by atoms with Gasteiger partial charge < -0.3 is 14.9 Å². The van der Waals surface area contributed by atoms with Gasteiger partial charge in [-0.2, -0.15) is 4.31 Å². The topological polar surface area (TPSA) is 168 Å². The van der Waals surface area contributed by atoms with Crippen molar-refractivity contribution in [2.75, 3.05) is 33.3 Å². The molecule has 1 aliphatic heterocycles. The lowest BCUT2D eigenvalue weighted by atomic mass is 10.2. The Labute approximate surface area is 189 Å². The molecule has 178 valence electrons. The number of non-ortho nitro benzene ring substituents is 1. The molecular weight excluding hydrogens is 458 g/mol. The summed E-state index contributed by atoms with van der Waals surface area (Å²) >= 11 is 0. The van der Waals surface area contributed by atoms with Crippen LogP contribution in [0.5, 0.6) is 5.75 Å². The smallest absolute Gasteiger partial charge is 0.414 e. The molecule has 0 saturated carbocycles. The van der Waals surface area contributed by atoms with Crippen LogP contribution in [-0.4, -0.2) is 78.0 Å². The van der Waals surface area contributed by atoms with Gasteiger partial charge in [-0.3, -0.25) is 15.0 Å². The maximum atomic E-state index is 12.7. The second-order valence-electron chi connectivity index (χ2n) is 6.89. The zero-order valence-electron chi connectivity index (χ0n) is 17.7. The van der Waals surface area contributed by atoms with Crippen molar-refractivity contribution >= 4 is 27.6 Å². The third kappa shape index (κ3) is 7.24. The predicted molar refractivity (Wildman–Crippen MR) is 115 cm³/mol. The standard InChI is InChI=1S/C18H21N3O5S.C2H2O4/c1-26-17-6-2-15(3-7-17)14-19-10-12-20(13-11-19)27(24,25)18-8-4-16(5-9-18)21(22)23;3-1(4)2(5)6/h2-9H,10-14H2,1H3;(H,3,4)(H,5,6). The van der Waals surface area contributed by atoms with Crippen LogP contribution in [0.2, 0.25) is 0 Å². The van der Waals surface area contributed by atoms with Gasteiger partial charge in [-0.05, 0) is 29.8 Å². The van der Waals surface area contributed by atoms with Crippen molar-refractivity contribution in [3.05, 3.63) is 64.2 Å². The molecule has 0 unspecified atom stereocenters. The predicted octanol–water partition coefficient (Wildman–Crippen LogP) is 1.27. The lowest BCUT2D eigenvalue weighted by molar-refractivity contribution is -0.384. The fraction of sp³-hybridized carbons (Fsp3) is 0.300. The fourth-order valence-electron chi connectivity index (χ4n) is 3.01. The number of carboxylic acid groups (broad SMARTS) is 2. The van der Waals surface area contributed by atoms with Crippen LogP contribution in [0.1, 0.15) is 5.56 Å². The molecule has 0 atom stereocenters. The number of nitro groups is 1. The highest BCUT2D eigenvalue weighted by atomic mass is 32.2. The number of carboxylic acids is 2. The number of benzene rings is 2. The maximum absolute atomic E-state index is 12.7. The van der Waals surface area contributed by atoms with Crippen LogP contribution in [0.15, 0.2) is 53.4 Å². The Morgan fingerprint density at radius 1 is 0.970 bits per heavy atom. The number of hydrogen-bond acceptors (Lipinski definition) is 8. The summed E-state index contributed by atoms with van der Waals surface area (Å²) < 4.78 is 32.0. The van der Waals surface area contributed by atoms with E-state index in [1.54, 1.807) is 7.11 Å². The van der Waals surface area contributed by atoms with Crippen molar-refractivity contribution in [3.8, 4) is 5.75 Å². The van der Waals surface area contributed by atoms with E-state index in [0.29, 0.717) is 26.2 Å². The number of carbonyl (C=O) groups is 2. The number of aliphatic carboxylic acids is 2. The highest BCUT2D eigenvalue weighted by Crippen LogP contribution is 2.21. The SMILES string of the molecule is COc1ccc(CN2CCN(S(=O)(=O)c3ccc([N+](=O)[O-])cc3)CC2)cc1.O=C(O)C(=O)O. The zero-order chi connectivity index (χ0) is 24.6. The third-order valence-corrected chi connectivity index (χ3v) is 6.68. The van der Waals surface area contributed by atoms with E-state index in [9.17, 15) is 18.5 Å². The molecule has 12 nitrogen and oxygen atoms in total. The van der Waals surface area contributed by atoms with E-state index >= 15 is 0 Å². The van der Waals surface area contributed by atoms with E-state index < -0.39 is 26.9 Å². The number of nitrogens with zero attached hydrogens (tertiary/aromatic N) is 3. The van der Waals surface area contributed by atoms with E-state index in [-0.39, 0.29) is 10.6 Å². The molecular formula is C20H23N3O9S. The fourth-order valence-corrected chi connectivity index (χ4v) is 4.43. The highest BCUT2D eigenvalue weighted by Gasteiger charge is 2.28. The Morgan fingerprint density at radius 3 is 1.91 bits per heavy atom. The van der Waals surface area contributed by atoms with Crippen LogP contribution in [0.3, 0.4) is 0 Å². The van der Waals surface area contributed by atoms with Gasteiger partial charge in [0.05, 0.1) is 16.9 Å². The first-order valence-electron chi connectivity index (χ1n) is 9.60. The molecule has 1 saturated heterocycles. The minimum absolute atomic E-state index is 0.0803. The molecule has 1 aliphatic rings. The summed E-state index contributed by atoms with van der Waals surface area (Å²) in [7, 11) is -2.02. The number of methoxy groups -OCH3 is 1. The van der Waals surface area contributed by atoms with Crippen LogP contribution >= 0.6 is 0 Å². The molecule has 1 fully saturated rings. The molecule has 1 heterocycles. The molecule has 13 heteroatoms. The van der Waals surface area contributed by atoms with Crippen molar-refractivity contribution in [1.29, 1.82) is 0 Å². The molecule has 0 aliphatic carbocycles. The van der Waals surface area contributed by atoms with Gasteiger partial charge in [0.1, 0.15) is 5.75 Å². The second kappa shape index (κ2) is 11.4. The Bertz CT molecular complexity index is 1070. The van der Waals surface area contributed by atoms with Crippen LogP contribution < -0.4 is 4.74 Å². The number of piperazine rings is 1. The third-order valence-electron chi connectivity index (χ3n) is 4.76. The summed E-state index contributed by atoms with van der Waals surface area (Å²) in [6.07, 6.45) is 0. The quantitative estimate of drug-likeness (QED) is 0.348. The van der Waals surface area contributed by atoms with Gasteiger partial charge in [0.2, 0.25) is 10.0 Å². The number of hydrogen-bond donors (Lipinski definition) is 2. The van der Waals surface area contributed by atoms with Gasteiger partial charge in [0, 0.05) is 44.9 Å². The molecule has 0 spiro atoms. The maximum Gasteiger partial charge on any atom is 0.414 e. The Balaban J connectivity index is 0.000000569. The van der Waals surface area contributed by atoms with Crippen LogP contribution in [0.25, 0.3) is 0 Å². The van der Waals surface area contributed by atoms with Gasteiger partial charge in [-0.1, -0.05) is 12.1 Å². The number of nitro benzene ring substituents is 1. The minimum Gasteiger partial charge on any atom is -0.497 e. The average molecular weight is 481 g/mol. The number of rotatable bonds is 6. The molecule has 2 aromatic rings. The lowest BCUT2D eigenvalue weighted by Gasteiger charge is -2.34. The summed E-state index contributed by atoms with van der Waals surface area (Å²) in [6.45, 7) is 2.76. The molecule has 0 amide bonds. The van der Waals surface area contributed by atoms with E-state index in [0.717, 1.165) is 17.9 Å². The molecule has 2 aromatic carbocycles. The lowest BCUT2D eigenvalue weighted by Crippen LogP contribution is -2.48. The van der Waals surface area contributed by atoms with Gasteiger partial charge >= 0.3 is 11.9 Å². The average Bonchev–Trinajstić information content (AvgIpc) is 2.80. The number of ether oxygens (including phenoxy) is 1. The zero-order valence-corrected chi connectivity index (χ0v) is 18.5. The van der Waals surface area contributed by atoms with Crippen LogP contribution in [-0.2, 0) is 26.2 Å². The minimum atomic E-state index is -3.64. The Hall–Kier alpha value is -3.55. The van der Waals surface area contributed by atoms with Crippen molar-refractivity contribution in [2.45, 2.75) is 11.4 Å². The van der Waals surface area contributed by atoms with E-state index in [4.69, 9.17) is 24.5 Å². The summed E-state index contributed by atoms with van der Waals surface area (Å²) in [4.78, 5) is 30.6. The first kappa shape index (κ1) is 25.7. The molecule has 0 aromatic heterocycles. The largest absolute Gasteiger partial charge is 0.497 e. The van der Waals surface area contributed by atoms with Crippen molar-refractivity contribution in [1.82, 2.24) is 9.21 Å². The van der Waals surface area contributed by atoms with Gasteiger partial charge in [-0.25, -0.2) is 18.0 Å². The monoisotopic (exact) mass is 481 g/mol. The molecule has 33 heavy (non-hydrogen) atoms.